The van der Waals surface area contributed by atoms with Gasteiger partial charge in [-0.25, -0.2) is 13.8 Å². The third kappa shape index (κ3) is 4.51. The van der Waals surface area contributed by atoms with Crippen LogP contribution in [0.1, 0.15) is 43.7 Å². The van der Waals surface area contributed by atoms with Gasteiger partial charge in [0, 0.05) is 24.5 Å². The minimum absolute atomic E-state index is 0.343. The van der Waals surface area contributed by atoms with Crippen LogP contribution in [0.4, 0.5) is 20.3 Å². The molecule has 1 fully saturated rings. The van der Waals surface area contributed by atoms with Crippen molar-refractivity contribution in [1.29, 1.82) is 0 Å². The van der Waals surface area contributed by atoms with Crippen molar-refractivity contribution >= 4 is 11.5 Å². The molecule has 3 rings (SSSR count). The van der Waals surface area contributed by atoms with Crippen molar-refractivity contribution in [1.82, 2.24) is 10.3 Å². The fourth-order valence-corrected chi connectivity index (χ4v) is 2.76. The highest BCUT2D eigenvalue weighted by Crippen LogP contribution is 2.28. The third-order valence-corrected chi connectivity index (χ3v) is 4.22. The summed E-state index contributed by atoms with van der Waals surface area (Å²) in [6.45, 7) is 6.11. The Hall–Kier alpha value is -2.01. The lowest BCUT2D eigenvalue weighted by Gasteiger charge is -2.15. The van der Waals surface area contributed by atoms with Gasteiger partial charge in [-0.05, 0) is 60.5 Å². The van der Waals surface area contributed by atoms with Crippen molar-refractivity contribution in [3.63, 3.8) is 0 Å². The van der Waals surface area contributed by atoms with Gasteiger partial charge in [-0.15, -0.1) is 0 Å². The summed E-state index contributed by atoms with van der Waals surface area (Å²) < 4.78 is 26.6. The SMILES string of the molecule is CC(C)c1cc(Nc2cc(F)cc(F)c2)ncc1CNCC1CC1. The molecule has 3 nitrogen and oxygen atoms in total. The Kier molecular flexibility index (Phi) is 5.09. The summed E-state index contributed by atoms with van der Waals surface area (Å²) in [5.74, 6) is 0.555. The molecule has 2 aromatic rings. The summed E-state index contributed by atoms with van der Waals surface area (Å²) in [7, 11) is 0. The van der Waals surface area contributed by atoms with Crippen LogP contribution in [0.3, 0.4) is 0 Å². The number of hydrogen-bond donors (Lipinski definition) is 2. The number of anilines is 2. The van der Waals surface area contributed by atoms with Gasteiger partial charge in [-0.1, -0.05) is 13.8 Å². The van der Waals surface area contributed by atoms with Crippen LogP contribution in [0.25, 0.3) is 0 Å². The number of benzene rings is 1. The van der Waals surface area contributed by atoms with Crippen LogP contribution in [-0.2, 0) is 6.54 Å². The monoisotopic (exact) mass is 331 g/mol. The third-order valence-electron chi connectivity index (χ3n) is 4.22. The second kappa shape index (κ2) is 7.26. The molecule has 0 aliphatic heterocycles. The molecule has 0 saturated heterocycles. The quantitative estimate of drug-likeness (QED) is 0.770. The van der Waals surface area contributed by atoms with E-state index in [1.165, 1.54) is 36.1 Å². The summed E-state index contributed by atoms with van der Waals surface area (Å²) in [5.41, 5.74) is 2.71. The zero-order valence-electron chi connectivity index (χ0n) is 14.1. The number of nitrogens with one attached hydrogen (secondary N) is 2. The standard InChI is InChI=1S/C19H23F2N3/c1-12(2)18-8-19(24-17-6-15(20)5-16(21)7-17)23-11-14(18)10-22-9-13-3-4-13/h5-8,11-13,22H,3-4,9-10H2,1-2H3,(H,23,24). The van der Waals surface area contributed by atoms with E-state index in [-0.39, 0.29) is 0 Å². The van der Waals surface area contributed by atoms with Crippen molar-refractivity contribution in [3.05, 3.63) is 53.2 Å². The molecule has 0 spiro atoms. The van der Waals surface area contributed by atoms with E-state index in [0.717, 1.165) is 25.1 Å². The Morgan fingerprint density at radius 3 is 2.46 bits per heavy atom. The van der Waals surface area contributed by atoms with Gasteiger partial charge >= 0.3 is 0 Å². The zero-order valence-corrected chi connectivity index (χ0v) is 14.1. The fraction of sp³-hybridized carbons (Fsp3) is 0.421. The fourth-order valence-electron chi connectivity index (χ4n) is 2.76. The van der Waals surface area contributed by atoms with Gasteiger partial charge in [0.05, 0.1) is 0 Å². The van der Waals surface area contributed by atoms with E-state index in [1.807, 2.05) is 12.3 Å². The van der Waals surface area contributed by atoms with Crippen LogP contribution in [0.15, 0.2) is 30.5 Å². The van der Waals surface area contributed by atoms with Crippen molar-refractivity contribution in [3.8, 4) is 0 Å². The molecular weight excluding hydrogens is 308 g/mol. The average Bonchev–Trinajstić information content (AvgIpc) is 3.31. The predicted molar refractivity (Wildman–Crippen MR) is 92.4 cm³/mol. The molecule has 0 amide bonds. The predicted octanol–water partition coefficient (Wildman–Crippen LogP) is 4.73. The summed E-state index contributed by atoms with van der Waals surface area (Å²) in [6.07, 6.45) is 4.50. The van der Waals surface area contributed by atoms with Crippen molar-refractivity contribution in [2.75, 3.05) is 11.9 Å². The smallest absolute Gasteiger partial charge is 0.130 e. The number of halogens is 2. The van der Waals surface area contributed by atoms with Crippen LogP contribution < -0.4 is 10.6 Å². The normalized spacial score (nSPS) is 14.2. The van der Waals surface area contributed by atoms with Crippen LogP contribution in [0.2, 0.25) is 0 Å². The number of aromatic nitrogens is 1. The van der Waals surface area contributed by atoms with E-state index in [4.69, 9.17) is 0 Å². The molecule has 1 aliphatic rings. The molecule has 1 aromatic heterocycles. The molecule has 1 saturated carbocycles. The first-order valence-electron chi connectivity index (χ1n) is 8.44. The lowest BCUT2D eigenvalue weighted by Crippen LogP contribution is -2.18. The van der Waals surface area contributed by atoms with Crippen molar-refractivity contribution < 1.29 is 8.78 Å². The molecule has 1 aromatic carbocycles. The maximum absolute atomic E-state index is 13.3. The number of rotatable bonds is 7. The van der Waals surface area contributed by atoms with E-state index >= 15 is 0 Å². The Bertz CT molecular complexity index is 692. The van der Waals surface area contributed by atoms with Gasteiger partial charge in [0.2, 0.25) is 0 Å². The molecular formula is C19H23F2N3. The molecule has 1 aliphatic carbocycles. The largest absolute Gasteiger partial charge is 0.340 e. The minimum atomic E-state index is -0.609. The summed E-state index contributed by atoms with van der Waals surface area (Å²) in [4.78, 5) is 4.39. The maximum Gasteiger partial charge on any atom is 0.130 e. The lowest BCUT2D eigenvalue weighted by atomic mass is 9.99. The Balaban J connectivity index is 1.74. The highest BCUT2D eigenvalue weighted by Gasteiger charge is 2.20. The molecule has 0 atom stereocenters. The maximum atomic E-state index is 13.3. The Morgan fingerprint density at radius 2 is 1.83 bits per heavy atom. The van der Waals surface area contributed by atoms with Crippen LogP contribution in [0, 0.1) is 17.6 Å². The highest BCUT2D eigenvalue weighted by atomic mass is 19.1. The molecule has 128 valence electrons. The first kappa shape index (κ1) is 16.8. The summed E-state index contributed by atoms with van der Waals surface area (Å²) in [6, 6.07) is 5.32. The number of nitrogens with zero attached hydrogens (tertiary/aromatic N) is 1. The second-order valence-corrected chi connectivity index (χ2v) is 6.78. The zero-order chi connectivity index (χ0) is 17.1. The van der Waals surface area contributed by atoms with E-state index < -0.39 is 11.6 Å². The summed E-state index contributed by atoms with van der Waals surface area (Å²) >= 11 is 0. The van der Waals surface area contributed by atoms with E-state index in [0.29, 0.717) is 17.4 Å². The van der Waals surface area contributed by atoms with Crippen LogP contribution in [-0.4, -0.2) is 11.5 Å². The second-order valence-electron chi connectivity index (χ2n) is 6.78. The molecule has 0 bridgehead atoms. The minimum Gasteiger partial charge on any atom is -0.340 e. The topological polar surface area (TPSA) is 37.0 Å². The lowest BCUT2D eigenvalue weighted by molar-refractivity contribution is 0.584. The molecule has 0 radical (unpaired) electrons. The molecule has 24 heavy (non-hydrogen) atoms. The van der Waals surface area contributed by atoms with Gasteiger partial charge < -0.3 is 10.6 Å². The van der Waals surface area contributed by atoms with Crippen LogP contribution in [0.5, 0.6) is 0 Å². The highest BCUT2D eigenvalue weighted by molar-refractivity contribution is 5.57. The van der Waals surface area contributed by atoms with Gasteiger partial charge in [0.1, 0.15) is 17.5 Å². The van der Waals surface area contributed by atoms with Crippen molar-refractivity contribution in [2.45, 2.75) is 39.2 Å². The van der Waals surface area contributed by atoms with Crippen LogP contribution >= 0.6 is 0 Å². The van der Waals surface area contributed by atoms with E-state index in [2.05, 4.69) is 29.5 Å². The first-order chi connectivity index (χ1) is 11.5. The van der Waals surface area contributed by atoms with Crippen molar-refractivity contribution in [2.24, 2.45) is 5.92 Å². The van der Waals surface area contributed by atoms with Gasteiger partial charge in [-0.3, -0.25) is 0 Å². The molecule has 5 heteroatoms. The molecule has 2 N–H and O–H groups in total. The summed E-state index contributed by atoms with van der Waals surface area (Å²) in [5, 5.41) is 6.46. The Labute approximate surface area is 141 Å². The average molecular weight is 331 g/mol. The number of pyridine rings is 1. The van der Waals surface area contributed by atoms with E-state index in [9.17, 15) is 8.78 Å². The Morgan fingerprint density at radius 1 is 1.12 bits per heavy atom. The van der Waals surface area contributed by atoms with E-state index in [1.54, 1.807) is 0 Å². The van der Waals surface area contributed by atoms with Gasteiger partial charge in [-0.2, -0.15) is 0 Å². The van der Waals surface area contributed by atoms with Gasteiger partial charge in [0.25, 0.3) is 0 Å². The van der Waals surface area contributed by atoms with Gasteiger partial charge in [0.15, 0.2) is 0 Å². The first-order valence-corrected chi connectivity index (χ1v) is 8.44. The number of hydrogen-bond acceptors (Lipinski definition) is 3. The molecule has 0 unspecified atom stereocenters. The molecule has 1 heterocycles.